The summed E-state index contributed by atoms with van der Waals surface area (Å²) in [6, 6.07) is 9.79. The van der Waals surface area contributed by atoms with Crippen molar-refractivity contribution >= 4 is 52.5 Å². The van der Waals surface area contributed by atoms with Crippen LogP contribution in [0.4, 0.5) is 11.4 Å². The Labute approximate surface area is 347 Å². The van der Waals surface area contributed by atoms with E-state index in [9.17, 15) is 24.0 Å². The minimum atomic E-state index is -0.965. The average molecular weight is 822 g/mol. The van der Waals surface area contributed by atoms with Crippen LogP contribution in [0.2, 0.25) is 5.02 Å². The second kappa shape index (κ2) is 16.0. The van der Waals surface area contributed by atoms with Crippen molar-refractivity contribution < 1.29 is 28.7 Å². The van der Waals surface area contributed by atoms with Gasteiger partial charge in [-0.2, -0.15) is 9.90 Å². The summed E-state index contributed by atoms with van der Waals surface area (Å²) < 4.78 is 6.10. The van der Waals surface area contributed by atoms with Crippen LogP contribution >= 0.6 is 11.6 Å². The fourth-order valence-electron chi connectivity index (χ4n) is 10.0. The number of nitrogens with zero attached hydrogens (tertiary/aromatic N) is 7. The molecule has 5 heterocycles. The van der Waals surface area contributed by atoms with Gasteiger partial charge in [-0.3, -0.25) is 34.2 Å². The first-order chi connectivity index (χ1) is 28.5. The van der Waals surface area contributed by atoms with E-state index in [4.69, 9.17) is 22.9 Å². The Morgan fingerprint density at radius 3 is 2.39 bits per heavy atom. The van der Waals surface area contributed by atoms with Gasteiger partial charge in [0, 0.05) is 43.2 Å². The van der Waals surface area contributed by atoms with Gasteiger partial charge in [-0.05, 0) is 120 Å². The maximum absolute atomic E-state index is 13.3. The minimum absolute atomic E-state index is 0.0340. The molecule has 59 heavy (non-hydrogen) atoms. The Bertz CT molecular complexity index is 2210. The normalized spacial score (nSPS) is 26.9. The van der Waals surface area contributed by atoms with Gasteiger partial charge in [0.05, 0.1) is 41.1 Å². The summed E-state index contributed by atoms with van der Waals surface area (Å²) in [5, 5.41) is 14.9. The number of nitrogens with one attached hydrogen (secondary N) is 2. The van der Waals surface area contributed by atoms with Gasteiger partial charge >= 0.3 is 0 Å². The largest absolute Gasteiger partial charge is 0.490 e. The highest BCUT2D eigenvalue weighted by Crippen LogP contribution is 2.44. The third kappa shape index (κ3) is 7.92. The summed E-state index contributed by atoms with van der Waals surface area (Å²) >= 11 is 6.17. The van der Waals surface area contributed by atoms with Crippen LogP contribution in [-0.2, 0) is 9.59 Å². The number of rotatable bonds is 9. The van der Waals surface area contributed by atoms with Gasteiger partial charge in [0.2, 0.25) is 17.5 Å². The van der Waals surface area contributed by atoms with E-state index in [1.807, 2.05) is 6.07 Å². The Balaban J connectivity index is 0.687. The Kier molecular flexibility index (Phi) is 10.6. The third-order valence-electron chi connectivity index (χ3n) is 13.5. The SMILES string of the molecule is [C-]#[N+]c1ccc(OC2CCC(NC(=O)c3cnn(C4CCC(CN5CCC6(CC5)CN(c5ccc7c(c5)C(=O)N(C5CCC(=O)NC5=O)C7=O)C6)CC4)n3)CC2)cc1Cl. The van der Waals surface area contributed by atoms with E-state index in [0.29, 0.717) is 39.2 Å². The van der Waals surface area contributed by atoms with E-state index in [1.165, 1.54) is 0 Å². The summed E-state index contributed by atoms with van der Waals surface area (Å²) in [4.78, 5) is 74.7. The number of ether oxygens (including phenoxy) is 1. The summed E-state index contributed by atoms with van der Waals surface area (Å²) in [5.74, 6) is -0.853. The molecule has 0 radical (unpaired) electrons. The molecule has 2 N–H and O–H groups in total. The van der Waals surface area contributed by atoms with Crippen LogP contribution in [0.5, 0.6) is 5.75 Å². The molecule has 1 aromatic heterocycles. The number of anilines is 1. The zero-order chi connectivity index (χ0) is 40.8. The molecule has 308 valence electrons. The molecule has 9 rings (SSSR count). The van der Waals surface area contributed by atoms with E-state index in [0.717, 1.165) is 108 Å². The molecule has 2 aromatic carbocycles. The highest BCUT2D eigenvalue weighted by atomic mass is 35.5. The van der Waals surface area contributed by atoms with Crippen molar-refractivity contribution in [1.82, 2.24) is 35.4 Å². The molecule has 0 bridgehead atoms. The van der Waals surface area contributed by atoms with E-state index in [-0.39, 0.29) is 48.3 Å². The predicted octanol–water partition coefficient (Wildman–Crippen LogP) is 5.34. The number of halogens is 1. The van der Waals surface area contributed by atoms with Crippen LogP contribution in [0.3, 0.4) is 0 Å². The van der Waals surface area contributed by atoms with E-state index < -0.39 is 23.8 Å². The van der Waals surface area contributed by atoms with Gasteiger partial charge in [-0.1, -0.05) is 17.7 Å². The number of imide groups is 2. The molecular weight excluding hydrogens is 774 g/mol. The number of carbonyl (C=O) groups is 5. The van der Waals surface area contributed by atoms with Gasteiger partial charge in [0.25, 0.3) is 17.7 Å². The van der Waals surface area contributed by atoms with Crippen molar-refractivity contribution in [2.24, 2.45) is 11.3 Å². The summed E-state index contributed by atoms with van der Waals surface area (Å²) in [5.41, 5.74) is 2.55. The monoisotopic (exact) mass is 821 g/mol. The molecule has 15 nitrogen and oxygen atoms in total. The minimum Gasteiger partial charge on any atom is -0.490 e. The van der Waals surface area contributed by atoms with Crippen molar-refractivity contribution in [3.63, 3.8) is 0 Å². The van der Waals surface area contributed by atoms with Crippen molar-refractivity contribution in [2.75, 3.05) is 37.6 Å². The van der Waals surface area contributed by atoms with E-state index >= 15 is 0 Å². The predicted molar refractivity (Wildman–Crippen MR) is 216 cm³/mol. The first-order valence-electron chi connectivity index (χ1n) is 20.9. The molecule has 1 unspecified atom stereocenters. The smallest absolute Gasteiger partial charge is 0.273 e. The fraction of sp³-hybridized carbons (Fsp3) is 0.535. The quantitative estimate of drug-likeness (QED) is 0.213. The van der Waals surface area contributed by atoms with Crippen molar-refractivity contribution in [3.05, 3.63) is 75.9 Å². The summed E-state index contributed by atoms with van der Waals surface area (Å²) in [6.07, 6.45) is 11.5. The van der Waals surface area contributed by atoms with E-state index in [2.05, 4.69) is 35.5 Å². The van der Waals surface area contributed by atoms with Crippen LogP contribution in [0.25, 0.3) is 4.85 Å². The van der Waals surface area contributed by atoms with Crippen LogP contribution in [-0.4, -0.2) is 105 Å². The molecule has 3 saturated heterocycles. The number of likely N-dealkylation sites (tertiary alicyclic amines) is 1. The highest BCUT2D eigenvalue weighted by Gasteiger charge is 2.47. The molecular formula is C43H48ClN9O6. The Morgan fingerprint density at radius 1 is 0.932 bits per heavy atom. The number of hydrogen-bond donors (Lipinski definition) is 2. The lowest BCUT2D eigenvalue weighted by Crippen LogP contribution is -2.60. The number of piperidine rings is 2. The molecule has 2 aliphatic carbocycles. The first kappa shape index (κ1) is 39.1. The van der Waals surface area contributed by atoms with Crippen LogP contribution in [0.15, 0.2) is 42.6 Å². The molecule has 5 fully saturated rings. The molecule has 1 spiro atoms. The number of fused-ring (bicyclic) bond motifs is 1. The third-order valence-corrected chi connectivity index (χ3v) is 13.8. The number of aromatic nitrogens is 3. The molecule has 5 amide bonds. The zero-order valence-corrected chi connectivity index (χ0v) is 33.7. The summed E-state index contributed by atoms with van der Waals surface area (Å²) in [7, 11) is 0. The Hall–Kier alpha value is -5.33. The van der Waals surface area contributed by atoms with Gasteiger partial charge < -0.3 is 19.9 Å². The Morgan fingerprint density at radius 2 is 1.68 bits per heavy atom. The number of benzene rings is 2. The molecule has 3 aromatic rings. The van der Waals surface area contributed by atoms with Crippen LogP contribution < -0.4 is 20.3 Å². The summed E-state index contributed by atoms with van der Waals surface area (Å²) in [6.45, 7) is 12.2. The van der Waals surface area contributed by atoms with Crippen molar-refractivity contribution in [1.29, 1.82) is 0 Å². The van der Waals surface area contributed by atoms with E-state index in [1.54, 1.807) is 41.3 Å². The van der Waals surface area contributed by atoms with Gasteiger partial charge in [0.15, 0.2) is 5.69 Å². The lowest BCUT2D eigenvalue weighted by atomic mass is 9.71. The second-order valence-corrected chi connectivity index (χ2v) is 17.8. The van der Waals surface area contributed by atoms with Crippen molar-refractivity contribution in [3.8, 4) is 5.75 Å². The van der Waals surface area contributed by atoms with Gasteiger partial charge in [-0.15, -0.1) is 5.10 Å². The topological polar surface area (TPSA) is 163 Å². The highest BCUT2D eigenvalue weighted by molar-refractivity contribution is 6.33. The standard InChI is InChI=1S/C43H48ClN9O6/c1-45-35-13-11-31(21-34(35)44)59-30-9-4-27(5-10-30)47-39(55)36-22-46-53(49-36)28-6-2-26(3-7-28)23-50-18-16-43(17-19-50)24-51(25-43)29-8-12-32-33(20-29)42(58)52(41(32)57)37-14-15-38(54)48-40(37)56/h8,11-13,20-22,26-28,30,37H,2-7,9-10,14-19,23-25H2,(H,47,55)(H,48,54,56). The zero-order valence-electron chi connectivity index (χ0n) is 32.9. The van der Waals surface area contributed by atoms with Crippen LogP contribution in [0.1, 0.15) is 114 Å². The average Bonchev–Trinajstić information content (AvgIpc) is 3.81. The fourth-order valence-corrected chi connectivity index (χ4v) is 10.2. The maximum Gasteiger partial charge on any atom is 0.273 e. The lowest BCUT2D eigenvalue weighted by molar-refractivity contribution is -0.136. The second-order valence-electron chi connectivity index (χ2n) is 17.3. The number of carbonyl (C=O) groups excluding carboxylic acids is 5. The van der Waals surface area contributed by atoms with Gasteiger partial charge in [0.1, 0.15) is 11.8 Å². The molecule has 2 saturated carbocycles. The molecule has 4 aliphatic heterocycles. The molecule has 16 heteroatoms. The van der Waals surface area contributed by atoms with Crippen molar-refractivity contribution in [2.45, 2.75) is 101 Å². The molecule has 1 atom stereocenters. The maximum atomic E-state index is 13.3. The number of amides is 5. The lowest BCUT2D eigenvalue weighted by Gasteiger charge is -2.55. The number of hydrogen-bond acceptors (Lipinski definition) is 10. The van der Waals surface area contributed by atoms with Crippen LogP contribution in [0, 0.1) is 17.9 Å². The first-order valence-corrected chi connectivity index (χ1v) is 21.3. The van der Waals surface area contributed by atoms with Gasteiger partial charge in [-0.25, -0.2) is 4.85 Å². The molecule has 6 aliphatic rings.